The van der Waals surface area contributed by atoms with Crippen molar-refractivity contribution in [3.8, 4) is 11.5 Å². The summed E-state index contributed by atoms with van der Waals surface area (Å²) in [6.45, 7) is 6.87. The molecule has 5 nitrogen and oxygen atoms in total. The topological polar surface area (TPSA) is 50.8 Å². The van der Waals surface area contributed by atoms with Gasteiger partial charge in [0.25, 0.3) is 5.91 Å². The molecule has 6 heteroatoms. The lowest BCUT2D eigenvalue weighted by molar-refractivity contribution is -0.110. The van der Waals surface area contributed by atoms with Gasteiger partial charge in [-0.2, -0.15) is 0 Å². The average Bonchev–Trinajstić information content (AvgIpc) is 3.10. The number of nitrogens with one attached hydrogen (secondary N) is 1. The molecule has 1 aliphatic rings. The van der Waals surface area contributed by atoms with Crippen molar-refractivity contribution >= 4 is 41.4 Å². The molecule has 0 bridgehead atoms. The molecule has 1 amide bonds. The second-order valence-electron chi connectivity index (χ2n) is 7.40. The molecule has 0 saturated heterocycles. The number of anilines is 2. The van der Waals surface area contributed by atoms with E-state index in [0.29, 0.717) is 41.7 Å². The summed E-state index contributed by atoms with van der Waals surface area (Å²) in [5.74, 6) is 1.02. The molecular weight excluding hydrogens is 420 g/mol. The molecule has 3 aromatic rings. The third-order valence-corrected chi connectivity index (χ3v) is 5.63. The molecule has 3 aromatic carbocycles. The van der Waals surface area contributed by atoms with Gasteiger partial charge in [-0.15, -0.1) is 0 Å². The van der Waals surface area contributed by atoms with Gasteiger partial charge in [0.05, 0.1) is 35.9 Å². The van der Waals surface area contributed by atoms with Crippen molar-refractivity contribution in [1.82, 2.24) is 0 Å². The lowest BCUT2D eigenvalue weighted by Gasteiger charge is -2.24. The second-order valence-corrected chi connectivity index (χ2v) is 7.80. The van der Waals surface area contributed by atoms with Gasteiger partial charge in [0, 0.05) is 11.6 Å². The standard InChI is InChI=1S/C26H26N2O3S/c1-4-30-22-15-20-21(16-23(22)31-5-2)27-26(29)24(20)25(18-9-7-6-8-10-18)28(32)19-13-11-17(3)12-14-19/h6-16,32H,4-5H2,1-3H3,(H,27,29)/b25-24-. The Kier molecular flexibility index (Phi) is 6.42. The van der Waals surface area contributed by atoms with E-state index in [2.05, 4.69) is 5.32 Å². The minimum absolute atomic E-state index is 0.193. The Hall–Kier alpha value is -3.38. The van der Waals surface area contributed by atoms with Crippen LogP contribution in [0.4, 0.5) is 11.4 Å². The van der Waals surface area contributed by atoms with E-state index in [1.807, 2.05) is 87.5 Å². The van der Waals surface area contributed by atoms with Crippen LogP contribution >= 0.6 is 12.8 Å². The highest BCUT2D eigenvalue weighted by atomic mass is 32.1. The molecule has 0 fully saturated rings. The van der Waals surface area contributed by atoms with E-state index >= 15 is 0 Å². The van der Waals surface area contributed by atoms with E-state index in [9.17, 15) is 4.79 Å². The molecule has 4 rings (SSSR count). The molecule has 1 N–H and O–H groups in total. The summed E-state index contributed by atoms with van der Waals surface area (Å²) in [4.78, 5) is 13.3. The van der Waals surface area contributed by atoms with E-state index in [4.69, 9.17) is 22.3 Å². The van der Waals surface area contributed by atoms with Crippen LogP contribution in [0.5, 0.6) is 11.5 Å². The molecule has 1 aliphatic heterocycles. The van der Waals surface area contributed by atoms with E-state index in [0.717, 1.165) is 22.4 Å². The maximum atomic E-state index is 13.3. The van der Waals surface area contributed by atoms with Crippen LogP contribution in [0.2, 0.25) is 0 Å². The fourth-order valence-corrected chi connectivity index (χ4v) is 4.08. The third kappa shape index (κ3) is 4.18. The first kappa shape index (κ1) is 21.8. The summed E-state index contributed by atoms with van der Waals surface area (Å²) < 4.78 is 13.3. The number of thiol groups is 1. The average molecular weight is 447 g/mol. The highest BCUT2D eigenvalue weighted by Gasteiger charge is 2.32. The summed E-state index contributed by atoms with van der Waals surface area (Å²) >= 11 is 4.83. The van der Waals surface area contributed by atoms with Crippen molar-refractivity contribution < 1.29 is 14.3 Å². The van der Waals surface area contributed by atoms with Crippen molar-refractivity contribution in [3.05, 3.63) is 83.4 Å². The molecule has 32 heavy (non-hydrogen) atoms. The van der Waals surface area contributed by atoms with Crippen LogP contribution in [0.15, 0.2) is 66.7 Å². The summed E-state index contributed by atoms with van der Waals surface area (Å²) in [5, 5.41) is 2.99. The molecule has 164 valence electrons. The van der Waals surface area contributed by atoms with Crippen molar-refractivity contribution in [2.75, 3.05) is 22.8 Å². The lowest BCUT2D eigenvalue weighted by Crippen LogP contribution is -2.15. The monoisotopic (exact) mass is 446 g/mol. The van der Waals surface area contributed by atoms with Crippen LogP contribution in [0.3, 0.4) is 0 Å². The van der Waals surface area contributed by atoms with Gasteiger partial charge in [-0.05, 0) is 44.5 Å². The van der Waals surface area contributed by atoms with Crippen molar-refractivity contribution in [2.45, 2.75) is 20.8 Å². The number of carbonyl (C=O) groups is 1. The Morgan fingerprint density at radius 2 is 1.56 bits per heavy atom. The van der Waals surface area contributed by atoms with Crippen LogP contribution in [-0.4, -0.2) is 19.1 Å². The number of amides is 1. The van der Waals surface area contributed by atoms with Gasteiger partial charge in [-0.1, -0.05) is 60.8 Å². The second kappa shape index (κ2) is 9.40. The molecule has 0 atom stereocenters. The number of ether oxygens (including phenoxy) is 2. The number of hydrogen-bond acceptors (Lipinski definition) is 5. The molecular formula is C26H26N2O3S. The predicted octanol–water partition coefficient (Wildman–Crippen LogP) is 5.96. The van der Waals surface area contributed by atoms with E-state index < -0.39 is 0 Å². The van der Waals surface area contributed by atoms with Gasteiger partial charge in [-0.3, -0.25) is 9.10 Å². The quantitative estimate of drug-likeness (QED) is 0.347. The number of carbonyl (C=O) groups excluding carboxylic acids is 1. The Morgan fingerprint density at radius 3 is 2.19 bits per heavy atom. The van der Waals surface area contributed by atoms with Crippen LogP contribution in [0, 0.1) is 6.92 Å². The number of fused-ring (bicyclic) bond motifs is 1. The van der Waals surface area contributed by atoms with Crippen LogP contribution < -0.4 is 19.1 Å². The fourth-order valence-electron chi connectivity index (χ4n) is 3.73. The van der Waals surface area contributed by atoms with Gasteiger partial charge in [0.1, 0.15) is 0 Å². The molecule has 0 aliphatic carbocycles. The van der Waals surface area contributed by atoms with Crippen LogP contribution in [0.1, 0.15) is 30.5 Å². The fraction of sp³-hybridized carbons (Fsp3) is 0.192. The molecule has 1 heterocycles. The Labute approximate surface area is 194 Å². The van der Waals surface area contributed by atoms with Crippen molar-refractivity contribution in [3.63, 3.8) is 0 Å². The largest absolute Gasteiger partial charge is 0.490 e. The van der Waals surface area contributed by atoms with E-state index in [1.54, 1.807) is 4.31 Å². The zero-order valence-corrected chi connectivity index (χ0v) is 19.3. The molecule has 0 spiro atoms. The minimum atomic E-state index is -0.193. The molecule has 0 aromatic heterocycles. The Morgan fingerprint density at radius 1 is 0.938 bits per heavy atom. The normalized spacial score (nSPS) is 13.9. The lowest BCUT2D eigenvalue weighted by atomic mass is 9.99. The van der Waals surface area contributed by atoms with Crippen LogP contribution in [0.25, 0.3) is 11.3 Å². The summed E-state index contributed by atoms with van der Waals surface area (Å²) in [5.41, 5.74) is 5.57. The Bertz CT molecular complexity index is 1160. The van der Waals surface area contributed by atoms with Crippen LogP contribution in [-0.2, 0) is 4.79 Å². The Balaban J connectivity index is 1.95. The number of hydrogen-bond donors (Lipinski definition) is 2. The number of benzene rings is 3. The zero-order chi connectivity index (χ0) is 22.7. The van der Waals surface area contributed by atoms with E-state index in [-0.39, 0.29) is 5.91 Å². The highest BCUT2D eigenvalue weighted by molar-refractivity contribution is 7.82. The van der Waals surface area contributed by atoms with Crippen molar-refractivity contribution in [1.29, 1.82) is 0 Å². The third-order valence-electron chi connectivity index (χ3n) is 5.20. The first-order valence-electron chi connectivity index (χ1n) is 10.6. The maximum absolute atomic E-state index is 13.3. The smallest absolute Gasteiger partial charge is 0.258 e. The first-order valence-corrected chi connectivity index (χ1v) is 11.0. The summed E-state index contributed by atoms with van der Waals surface area (Å²) in [6, 6.07) is 21.5. The number of rotatable bonds is 7. The highest BCUT2D eigenvalue weighted by Crippen LogP contribution is 2.45. The summed E-state index contributed by atoms with van der Waals surface area (Å²) in [7, 11) is 0. The number of nitrogens with zero attached hydrogens (tertiary/aromatic N) is 1. The number of aryl methyl sites for hydroxylation is 1. The molecule has 0 unspecified atom stereocenters. The van der Waals surface area contributed by atoms with Gasteiger partial charge >= 0.3 is 0 Å². The maximum Gasteiger partial charge on any atom is 0.258 e. The molecule has 0 radical (unpaired) electrons. The summed E-state index contributed by atoms with van der Waals surface area (Å²) in [6.07, 6.45) is 0. The van der Waals surface area contributed by atoms with Gasteiger partial charge in [0.2, 0.25) is 0 Å². The SMILES string of the molecule is CCOc1cc2c(cc1OCC)/C(=C(\c1ccccc1)N(S)c1ccc(C)cc1)C(=O)N2. The molecule has 0 saturated carbocycles. The minimum Gasteiger partial charge on any atom is -0.490 e. The zero-order valence-electron chi connectivity index (χ0n) is 18.4. The van der Waals surface area contributed by atoms with Gasteiger partial charge < -0.3 is 14.8 Å². The first-order chi connectivity index (χ1) is 15.5. The predicted molar refractivity (Wildman–Crippen MR) is 133 cm³/mol. The van der Waals surface area contributed by atoms with E-state index in [1.165, 1.54) is 0 Å². The van der Waals surface area contributed by atoms with Gasteiger partial charge in [-0.25, -0.2) is 0 Å². The van der Waals surface area contributed by atoms with Gasteiger partial charge in [0.15, 0.2) is 11.5 Å². The van der Waals surface area contributed by atoms with Crippen molar-refractivity contribution in [2.24, 2.45) is 0 Å².